The van der Waals surface area contributed by atoms with Gasteiger partial charge < -0.3 is 10.1 Å². The highest BCUT2D eigenvalue weighted by Gasteiger charge is 2.19. The van der Waals surface area contributed by atoms with E-state index < -0.39 is 5.54 Å². The molecule has 0 saturated carbocycles. The van der Waals surface area contributed by atoms with E-state index in [1.807, 2.05) is 44.3 Å². The van der Waals surface area contributed by atoms with Gasteiger partial charge in [-0.2, -0.15) is 5.26 Å². The molecule has 1 aromatic carbocycles. The Morgan fingerprint density at radius 3 is 2.90 bits per heavy atom. The van der Waals surface area contributed by atoms with Gasteiger partial charge in [0.2, 0.25) is 0 Å². The molecule has 4 heteroatoms. The van der Waals surface area contributed by atoms with Gasteiger partial charge in [-0.1, -0.05) is 6.07 Å². The van der Waals surface area contributed by atoms with Crippen LogP contribution in [-0.2, 0) is 0 Å². The van der Waals surface area contributed by atoms with Crippen molar-refractivity contribution in [3.8, 4) is 11.8 Å². The van der Waals surface area contributed by atoms with E-state index in [1.165, 1.54) is 0 Å². The summed E-state index contributed by atoms with van der Waals surface area (Å²) in [6, 6.07) is 12.1. The maximum absolute atomic E-state index is 9.09. The average molecular weight is 283 g/mol. The number of pyridine rings is 1. The molecule has 0 radical (unpaired) electrons. The number of rotatable bonds is 7. The van der Waals surface area contributed by atoms with E-state index >= 15 is 0 Å². The maximum atomic E-state index is 9.09. The molecular weight excluding hydrogens is 262 g/mol. The second-order valence-electron chi connectivity index (χ2n) is 5.33. The van der Waals surface area contributed by atoms with Crippen LogP contribution in [0.4, 0.5) is 0 Å². The third kappa shape index (κ3) is 3.93. The topological polar surface area (TPSA) is 57.9 Å². The Morgan fingerprint density at radius 1 is 1.29 bits per heavy atom. The Balaban J connectivity index is 1.85. The third-order valence-corrected chi connectivity index (χ3v) is 3.73. The van der Waals surface area contributed by atoms with Gasteiger partial charge in [0.05, 0.1) is 18.2 Å². The van der Waals surface area contributed by atoms with Gasteiger partial charge in [-0.3, -0.25) is 4.98 Å². The summed E-state index contributed by atoms with van der Waals surface area (Å²) in [4.78, 5) is 4.32. The Bertz CT molecular complexity index is 630. The van der Waals surface area contributed by atoms with E-state index in [9.17, 15) is 0 Å². The van der Waals surface area contributed by atoms with Gasteiger partial charge in [-0.15, -0.1) is 0 Å². The fourth-order valence-corrected chi connectivity index (χ4v) is 2.20. The van der Waals surface area contributed by atoms with E-state index in [4.69, 9.17) is 10.00 Å². The Morgan fingerprint density at radius 2 is 2.14 bits per heavy atom. The molecule has 0 bridgehead atoms. The predicted octanol–water partition coefficient (Wildman–Crippen LogP) is 3.29. The smallest absolute Gasteiger partial charge is 0.128 e. The zero-order valence-corrected chi connectivity index (χ0v) is 12.6. The van der Waals surface area contributed by atoms with Gasteiger partial charge in [0.15, 0.2) is 0 Å². The van der Waals surface area contributed by atoms with Gasteiger partial charge in [-0.05, 0) is 57.5 Å². The Kier molecular flexibility index (Phi) is 5.13. The molecule has 0 spiro atoms. The summed E-state index contributed by atoms with van der Waals surface area (Å²) in [6.07, 6.45) is 4.48. The van der Waals surface area contributed by atoms with E-state index in [2.05, 4.69) is 16.4 Å². The molecule has 0 aliphatic rings. The summed E-state index contributed by atoms with van der Waals surface area (Å²) in [5, 5.41) is 13.2. The highest BCUT2D eigenvalue weighted by Crippen LogP contribution is 2.24. The molecule has 21 heavy (non-hydrogen) atoms. The molecule has 1 unspecified atom stereocenters. The molecule has 110 valence electrons. The number of benzene rings is 1. The van der Waals surface area contributed by atoms with Gasteiger partial charge in [-0.25, -0.2) is 0 Å². The van der Waals surface area contributed by atoms with Crippen molar-refractivity contribution in [3.05, 3.63) is 36.5 Å². The standard InChI is InChI=1S/C17H21N3O/c1-17(13-18,19-2)10-3-4-12-21-16-9-5-8-15-14(16)7-6-11-20-15/h5-9,11,19H,3-4,10,12H2,1-2H3. The predicted molar refractivity (Wildman–Crippen MR) is 84.2 cm³/mol. The van der Waals surface area contributed by atoms with Crippen molar-refractivity contribution in [3.63, 3.8) is 0 Å². The minimum atomic E-state index is -0.441. The van der Waals surface area contributed by atoms with Crippen LogP contribution in [0.15, 0.2) is 36.5 Å². The minimum Gasteiger partial charge on any atom is -0.493 e. The van der Waals surface area contributed by atoms with Crippen molar-refractivity contribution in [1.82, 2.24) is 10.3 Å². The molecule has 1 heterocycles. The fraction of sp³-hybridized carbons (Fsp3) is 0.412. The first-order valence-electron chi connectivity index (χ1n) is 7.25. The van der Waals surface area contributed by atoms with Crippen LogP contribution >= 0.6 is 0 Å². The van der Waals surface area contributed by atoms with Gasteiger partial charge in [0.1, 0.15) is 11.3 Å². The van der Waals surface area contributed by atoms with Crippen molar-refractivity contribution in [2.75, 3.05) is 13.7 Å². The number of aromatic nitrogens is 1. The number of unbranched alkanes of at least 4 members (excludes halogenated alkanes) is 1. The molecule has 0 fully saturated rings. The van der Waals surface area contributed by atoms with Crippen molar-refractivity contribution >= 4 is 10.9 Å². The van der Waals surface area contributed by atoms with E-state index in [-0.39, 0.29) is 0 Å². The highest BCUT2D eigenvalue weighted by atomic mass is 16.5. The number of hydrogen-bond donors (Lipinski definition) is 1. The van der Waals surface area contributed by atoms with Crippen LogP contribution in [0.2, 0.25) is 0 Å². The van der Waals surface area contributed by atoms with Gasteiger partial charge in [0, 0.05) is 11.6 Å². The largest absolute Gasteiger partial charge is 0.493 e. The molecule has 4 nitrogen and oxygen atoms in total. The zero-order chi connectivity index (χ0) is 15.1. The lowest BCUT2D eigenvalue weighted by atomic mass is 9.97. The third-order valence-electron chi connectivity index (χ3n) is 3.73. The molecule has 1 aromatic heterocycles. The lowest BCUT2D eigenvalue weighted by Gasteiger charge is -2.20. The first kappa shape index (κ1) is 15.3. The average Bonchev–Trinajstić information content (AvgIpc) is 2.54. The van der Waals surface area contributed by atoms with Crippen molar-refractivity contribution < 1.29 is 4.74 Å². The van der Waals surface area contributed by atoms with E-state index in [1.54, 1.807) is 6.20 Å². The summed E-state index contributed by atoms with van der Waals surface area (Å²) < 4.78 is 5.86. The van der Waals surface area contributed by atoms with Crippen molar-refractivity contribution in [2.45, 2.75) is 31.7 Å². The second-order valence-corrected chi connectivity index (χ2v) is 5.33. The summed E-state index contributed by atoms with van der Waals surface area (Å²) in [7, 11) is 1.82. The zero-order valence-electron chi connectivity index (χ0n) is 12.6. The van der Waals surface area contributed by atoms with Crippen LogP contribution in [0, 0.1) is 11.3 Å². The number of nitrogens with zero attached hydrogens (tertiary/aromatic N) is 2. The number of fused-ring (bicyclic) bond motifs is 1. The lowest BCUT2D eigenvalue weighted by Crippen LogP contribution is -2.37. The van der Waals surface area contributed by atoms with Crippen molar-refractivity contribution in [1.29, 1.82) is 5.26 Å². The van der Waals surface area contributed by atoms with Gasteiger partial charge in [0.25, 0.3) is 0 Å². The molecule has 0 aliphatic carbocycles. The quantitative estimate of drug-likeness (QED) is 0.792. The Labute approximate surface area is 125 Å². The molecule has 0 amide bonds. The number of nitriles is 1. The van der Waals surface area contributed by atoms with Crippen LogP contribution in [0.1, 0.15) is 26.2 Å². The first-order chi connectivity index (χ1) is 10.2. The van der Waals surface area contributed by atoms with Crippen LogP contribution in [0.3, 0.4) is 0 Å². The first-order valence-corrected chi connectivity index (χ1v) is 7.25. The molecule has 0 aliphatic heterocycles. The highest BCUT2D eigenvalue weighted by molar-refractivity contribution is 5.84. The minimum absolute atomic E-state index is 0.441. The SMILES string of the molecule is CNC(C)(C#N)CCCCOc1cccc2ncccc12. The molecule has 2 rings (SSSR count). The monoisotopic (exact) mass is 283 g/mol. The molecule has 2 aromatic rings. The van der Waals surface area contributed by atoms with Crippen LogP contribution < -0.4 is 10.1 Å². The summed E-state index contributed by atoms with van der Waals surface area (Å²) in [5.41, 5.74) is 0.505. The van der Waals surface area contributed by atoms with E-state index in [0.717, 1.165) is 35.9 Å². The van der Waals surface area contributed by atoms with Gasteiger partial charge >= 0.3 is 0 Å². The normalized spacial score (nSPS) is 13.6. The summed E-state index contributed by atoms with van der Waals surface area (Å²) in [6.45, 7) is 2.57. The molecule has 1 N–H and O–H groups in total. The number of ether oxygens (including phenoxy) is 1. The Hall–Kier alpha value is -2.12. The molecule has 0 saturated heterocycles. The van der Waals surface area contributed by atoms with Crippen LogP contribution in [0.5, 0.6) is 5.75 Å². The molecular formula is C17H21N3O. The number of nitrogens with one attached hydrogen (secondary N) is 1. The maximum Gasteiger partial charge on any atom is 0.128 e. The van der Waals surface area contributed by atoms with Crippen LogP contribution in [-0.4, -0.2) is 24.2 Å². The summed E-state index contributed by atoms with van der Waals surface area (Å²) >= 11 is 0. The van der Waals surface area contributed by atoms with Crippen molar-refractivity contribution in [2.24, 2.45) is 0 Å². The van der Waals surface area contributed by atoms with Crippen LogP contribution in [0.25, 0.3) is 10.9 Å². The number of hydrogen-bond acceptors (Lipinski definition) is 4. The van der Waals surface area contributed by atoms with E-state index in [0.29, 0.717) is 6.61 Å². The fourth-order valence-electron chi connectivity index (χ4n) is 2.20. The molecule has 1 atom stereocenters. The lowest BCUT2D eigenvalue weighted by molar-refractivity contribution is 0.300. The second kappa shape index (κ2) is 7.05. The summed E-state index contributed by atoms with van der Waals surface area (Å²) in [5.74, 6) is 0.872.